The zero-order chi connectivity index (χ0) is 26.6. The molecule has 2 heterocycles. The van der Waals surface area contributed by atoms with Gasteiger partial charge < -0.3 is 25.4 Å². The molecule has 0 bridgehead atoms. The fourth-order valence-corrected chi connectivity index (χ4v) is 3.94. The van der Waals surface area contributed by atoms with E-state index in [1.165, 1.54) is 4.90 Å². The van der Waals surface area contributed by atoms with Crippen molar-refractivity contribution in [1.29, 1.82) is 0 Å². The number of halogens is 5. The Bertz CT molecular complexity index is 1260. The average Bonchev–Trinajstić information content (AvgIpc) is 2.83. The van der Waals surface area contributed by atoms with Crippen LogP contribution in [0, 0.1) is 11.6 Å². The monoisotopic (exact) mass is 523 g/mol. The van der Waals surface area contributed by atoms with Crippen LogP contribution in [0.1, 0.15) is 22.7 Å². The number of anilines is 2. The van der Waals surface area contributed by atoms with Gasteiger partial charge >= 0.3 is 6.36 Å². The fraction of sp³-hybridized carbons (Fsp3) is 0.292. The van der Waals surface area contributed by atoms with Crippen molar-refractivity contribution in [3.05, 3.63) is 77.1 Å². The Morgan fingerprint density at radius 3 is 2.54 bits per heavy atom. The molecule has 1 aromatic heterocycles. The summed E-state index contributed by atoms with van der Waals surface area (Å²) in [7, 11) is 0. The molecule has 8 nitrogen and oxygen atoms in total. The smallest absolute Gasteiger partial charge is 0.406 e. The van der Waals surface area contributed by atoms with Crippen LogP contribution < -0.4 is 20.7 Å². The van der Waals surface area contributed by atoms with Crippen LogP contribution in [-0.4, -0.2) is 42.0 Å². The summed E-state index contributed by atoms with van der Waals surface area (Å²) in [6, 6.07) is 8.88. The molecular formula is C24H22F5N5O3. The van der Waals surface area contributed by atoms with Crippen molar-refractivity contribution in [2.24, 2.45) is 5.73 Å². The van der Waals surface area contributed by atoms with E-state index >= 15 is 4.39 Å². The van der Waals surface area contributed by atoms with Gasteiger partial charge in [-0.15, -0.1) is 13.2 Å². The first kappa shape index (κ1) is 26.1. The molecule has 37 heavy (non-hydrogen) atoms. The van der Waals surface area contributed by atoms with Crippen LogP contribution in [0.15, 0.2) is 48.8 Å². The lowest BCUT2D eigenvalue weighted by Gasteiger charge is -2.37. The molecule has 13 heteroatoms. The molecule has 3 N–H and O–H groups in total. The lowest BCUT2D eigenvalue weighted by Crippen LogP contribution is -2.41. The number of carbonyl (C=O) groups excluding carboxylic acids is 1. The van der Waals surface area contributed by atoms with Crippen LogP contribution in [0.25, 0.3) is 0 Å². The molecule has 1 aliphatic rings. The third-order valence-electron chi connectivity index (χ3n) is 5.60. The Morgan fingerprint density at radius 2 is 1.86 bits per heavy atom. The number of nitrogens with one attached hydrogen (secondary N) is 1. The number of rotatable bonds is 8. The number of nitrogens with zero attached hydrogens (tertiary/aromatic N) is 3. The van der Waals surface area contributed by atoms with Gasteiger partial charge in [0.05, 0.1) is 25.7 Å². The summed E-state index contributed by atoms with van der Waals surface area (Å²) in [5, 5.41) is 2.89. The largest absolute Gasteiger partial charge is 0.573 e. The summed E-state index contributed by atoms with van der Waals surface area (Å²) in [5.74, 6) is -3.11. The highest BCUT2D eigenvalue weighted by molar-refractivity contribution is 5.76. The minimum atomic E-state index is -4.97. The molecule has 2 aromatic carbocycles. The lowest BCUT2D eigenvalue weighted by molar-refractivity contribution is -0.274. The Balaban J connectivity index is 1.53. The molecule has 1 fully saturated rings. The Morgan fingerprint density at radius 1 is 1.14 bits per heavy atom. The van der Waals surface area contributed by atoms with Crippen LogP contribution in [0.5, 0.6) is 5.75 Å². The maximum Gasteiger partial charge on any atom is 0.573 e. The molecule has 0 radical (unpaired) electrons. The topological polar surface area (TPSA) is 103 Å². The van der Waals surface area contributed by atoms with Gasteiger partial charge in [0.15, 0.2) is 11.6 Å². The number of aromatic nitrogens is 2. The Kier molecular flexibility index (Phi) is 7.71. The third-order valence-corrected chi connectivity index (χ3v) is 5.60. The van der Waals surface area contributed by atoms with Crippen molar-refractivity contribution >= 4 is 17.5 Å². The molecule has 1 amide bonds. The number of hydrogen-bond acceptors (Lipinski definition) is 7. The maximum atomic E-state index is 15.4. The van der Waals surface area contributed by atoms with Crippen molar-refractivity contribution in [3.8, 4) is 5.75 Å². The van der Waals surface area contributed by atoms with E-state index < -0.39 is 35.7 Å². The van der Waals surface area contributed by atoms with E-state index in [-0.39, 0.29) is 49.9 Å². The number of morpholine rings is 1. The van der Waals surface area contributed by atoms with Crippen molar-refractivity contribution in [1.82, 2.24) is 9.97 Å². The van der Waals surface area contributed by atoms with Crippen LogP contribution in [0.3, 0.4) is 0 Å². The summed E-state index contributed by atoms with van der Waals surface area (Å²) in [6.45, 7) is 0.531. The zero-order valence-corrected chi connectivity index (χ0v) is 19.3. The van der Waals surface area contributed by atoms with Crippen molar-refractivity contribution in [2.75, 3.05) is 30.0 Å². The van der Waals surface area contributed by atoms with Gasteiger partial charge in [-0.1, -0.05) is 30.3 Å². The van der Waals surface area contributed by atoms with E-state index in [4.69, 9.17) is 10.5 Å². The Hall–Kier alpha value is -4.00. The molecule has 1 unspecified atom stereocenters. The van der Waals surface area contributed by atoms with Gasteiger partial charge in [0.25, 0.3) is 0 Å². The Labute approximate surface area is 208 Å². The predicted octanol–water partition coefficient (Wildman–Crippen LogP) is 3.87. The molecular weight excluding hydrogens is 501 g/mol. The minimum Gasteiger partial charge on any atom is -0.406 e. The average molecular weight is 523 g/mol. The molecule has 1 saturated heterocycles. The van der Waals surface area contributed by atoms with Gasteiger partial charge in [-0.3, -0.25) is 4.79 Å². The molecule has 4 rings (SSSR count). The molecule has 0 saturated carbocycles. The van der Waals surface area contributed by atoms with Gasteiger partial charge in [0, 0.05) is 24.7 Å². The first-order valence-corrected chi connectivity index (χ1v) is 11.1. The third kappa shape index (κ3) is 6.61. The van der Waals surface area contributed by atoms with Crippen LogP contribution in [0.2, 0.25) is 0 Å². The molecule has 3 aromatic rings. The number of alkyl halides is 3. The molecule has 0 aliphatic carbocycles. The second-order valence-corrected chi connectivity index (χ2v) is 8.19. The normalized spacial score (nSPS) is 15.9. The maximum absolute atomic E-state index is 15.4. The zero-order valence-electron chi connectivity index (χ0n) is 19.3. The van der Waals surface area contributed by atoms with Gasteiger partial charge in [-0.2, -0.15) is 4.39 Å². The quantitative estimate of drug-likeness (QED) is 0.432. The van der Waals surface area contributed by atoms with Crippen LogP contribution >= 0.6 is 0 Å². The second-order valence-electron chi connectivity index (χ2n) is 8.19. The van der Waals surface area contributed by atoms with Crippen molar-refractivity contribution < 1.29 is 36.2 Å². The molecule has 1 aliphatic heterocycles. The highest BCUT2D eigenvalue weighted by Gasteiger charge is 2.33. The first-order valence-electron chi connectivity index (χ1n) is 11.1. The summed E-state index contributed by atoms with van der Waals surface area (Å²) < 4.78 is 76.9. The lowest BCUT2D eigenvalue weighted by atomic mass is 10.0. The van der Waals surface area contributed by atoms with E-state index in [0.29, 0.717) is 6.07 Å². The summed E-state index contributed by atoms with van der Waals surface area (Å²) >= 11 is 0. The number of amides is 1. The summed E-state index contributed by atoms with van der Waals surface area (Å²) in [6.07, 6.45) is -3.70. The van der Waals surface area contributed by atoms with Crippen molar-refractivity contribution in [2.45, 2.75) is 25.4 Å². The number of benzene rings is 2. The highest BCUT2D eigenvalue weighted by atomic mass is 19.4. The van der Waals surface area contributed by atoms with E-state index in [9.17, 15) is 22.4 Å². The van der Waals surface area contributed by atoms with Gasteiger partial charge in [-0.05, 0) is 17.2 Å². The predicted molar refractivity (Wildman–Crippen MR) is 123 cm³/mol. The van der Waals surface area contributed by atoms with E-state index in [2.05, 4.69) is 20.0 Å². The summed E-state index contributed by atoms with van der Waals surface area (Å²) in [4.78, 5) is 20.5. The van der Waals surface area contributed by atoms with Crippen molar-refractivity contribution in [3.63, 3.8) is 0 Å². The standard InChI is InChI=1S/C24H22F5N5O3/c25-18-10-16(37-24(27,28)29)5-6-17(18)19-12-36-8-7-34(19)23-21(26)22(32-13-33-23)31-11-15-3-1-14(2-4-15)9-20(30)35/h1-6,10,13,19H,7-9,11-12H2,(H2,30,35)(H,31,32,33). The summed E-state index contributed by atoms with van der Waals surface area (Å²) in [5.41, 5.74) is 6.72. The van der Waals surface area contributed by atoms with Crippen LogP contribution in [0.4, 0.5) is 33.6 Å². The minimum absolute atomic E-state index is 0.00204. The number of hydrogen-bond donors (Lipinski definition) is 2. The SMILES string of the molecule is NC(=O)Cc1ccc(CNc2ncnc(N3CCOCC3c3ccc(OC(F)(F)F)cc3F)c2F)cc1. The molecule has 1 atom stereocenters. The van der Waals surface area contributed by atoms with E-state index in [0.717, 1.165) is 29.6 Å². The van der Waals surface area contributed by atoms with Crippen LogP contribution in [-0.2, 0) is 22.5 Å². The number of nitrogens with two attached hydrogens (primary N) is 1. The number of ether oxygens (including phenoxy) is 2. The van der Waals surface area contributed by atoms with E-state index in [1.54, 1.807) is 24.3 Å². The number of primary amides is 1. The second kappa shape index (κ2) is 10.9. The van der Waals surface area contributed by atoms with Gasteiger partial charge in [0.2, 0.25) is 11.7 Å². The number of carbonyl (C=O) groups is 1. The van der Waals surface area contributed by atoms with E-state index in [1.807, 2.05) is 0 Å². The van der Waals surface area contributed by atoms with Gasteiger partial charge in [-0.25, -0.2) is 14.4 Å². The molecule has 196 valence electrons. The first-order chi connectivity index (χ1) is 17.6. The molecule has 0 spiro atoms. The fourth-order valence-electron chi connectivity index (χ4n) is 3.94. The van der Waals surface area contributed by atoms with Gasteiger partial charge in [0.1, 0.15) is 17.9 Å². The highest BCUT2D eigenvalue weighted by Crippen LogP contribution is 2.35.